The lowest BCUT2D eigenvalue weighted by Crippen LogP contribution is -2.15. The Labute approximate surface area is 120 Å². The van der Waals surface area contributed by atoms with Crippen LogP contribution in [0.15, 0.2) is 47.2 Å². The van der Waals surface area contributed by atoms with E-state index in [1.807, 2.05) is 0 Å². The molecule has 0 saturated carbocycles. The van der Waals surface area contributed by atoms with Crippen molar-refractivity contribution in [3.05, 3.63) is 58.5 Å². The summed E-state index contributed by atoms with van der Waals surface area (Å²) in [5.74, 6) is 0. The first-order valence-corrected chi connectivity index (χ1v) is 7.55. The molecule has 0 saturated heterocycles. The molecule has 0 spiro atoms. The minimum absolute atomic E-state index is 0.463. The lowest BCUT2D eigenvalue weighted by Gasteiger charge is -2.24. The number of fused-ring (bicyclic) bond motifs is 3. The molecule has 19 heavy (non-hydrogen) atoms. The highest BCUT2D eigenvalue weighted by atomic mass is 79.9. The van der Waals surface area contributed by atoms with Gasteiger partial charge in [0, 0.05) is 33.5 Å². The van der Waals surface area contributed by atoms with Crippen LogP contribution in [0.2, 0.25) is 0 Å². The van der Waals surface area contributed by atoms with Gasteiger partial charge in [0.25, 0.3) is 0 Å². The van der Waals surface area contributed by atoms with Gasteiger partial charge in [0.2, 0.25) is 0 Å². The normalized spacial score (nSPS) is 18.7. The molecule has 1 N–H and O–H groups in total. The van der Waals surface area contributed by atoms with E-state index >= 15 is 0 Å². The van der Waals surface area contributed by atoms with Crippen LogP contribution < -0.4 is 0 Å². The highest BCUT2D eigenvalue weighted by Gasteiger charge is 2.24. The smallest absolute Gasteiger partial charge is 0.0732 e. The number of aromatic amines is 1. The molecule has 1 aliphatic carbocycles. The monoisotopic (exact) mass is 314 g/mol. The Morgan fingerprint density at radius 1 is 1.21 bits per heavy atom. The van der Waals surface area contributed by atoms with Gasteiger partial charge in [-0.05, 0) is 55.2 Å². The Hall–Kier alpha value is -1.48. The van der Waals surface area contributed by atoms with Gasteiger partial charge < -0.3 is 9.55 Å². The van der Waals surface area contributed by atoms with Gasteiger partial charge in [0.1, 0.15) is 0 Å². The van der Waals surface area contributed by atoms with E-state index in [1.54, 1.807) is 0 Å². The van der Waals surface area contributed by atoms with E-state index in [0.717, 1.165) is 4.47 Å². The molecule has 0 amide bonds. The van der Waals surface area contributed by atoms with E-state index < -0.39 is 0 Å². The van der Waals surface area contributed by atoms with E-state index in [4.69, 9.17) is 0 Å². The highest BCUT2D eigenvalue weighted by Crippen LogP contribution is 2.37. The first-order valence-electron chi connectivity index (χ1n) is 6.75. The minimum Gasteiger partial charge on any atom is -0.356 e. The third kappa shape index (κ3) is 1.76. The lowest BCUT2D eigenvalue weighted by atomic mass is 9.91. The van der Waals surface area contributed by atoms with Crippen molar-refractivity contribution >= 4 is 26.8 Å². The van der Waals surface area contributed by atoms with Crippen LogP contribution in [0, 0.1) is 0 Å². The molecule has 2 nitrogen and oxygen atoms in total. The maximum absolute atomic E-state index is 3.64. The summed E-state index contributed by atoms with van der Waals surface area (Å²) in [5.41, 5.74) is 4.16. The molecule has 2 aromatic heterocycles. The van der Waals surface area contributed by atoms with Crippen LogP contribution in [0.4, 0.5) is 0 Å². The van der Waals surface area contributed by atoms with E-state index in [0.29, 0.717) is 6.04 Å². The second-order valence-corrected chi connectivity index (χ2v) is 6.16. The highest BCUT2D eigenvalue weighted by molar-refractivity contribution is 9.10. The lowest BCUT2D eigenvalue weighted by molar-refractivity contribution is 0.484. The minimum atomic E-state index is 0.463. The number of nitrogens with zero attached hydrogens (tertiary/aromatic N) is 1. The summed E-state index contributed by atoms with van der Waals surface area (Å²) in [7, 11) is 0. The third-order valence-corrected chi connectivity index (χ3v) is 4.62. The molecule has 0 bridgehead atoms. The quantitative estimate of drug-likeness (QED) is 0.674. The van der Waals surface area contributed by atoms with Crippen molar-refractivity contribution in [1.82, 2.24) is 9.55 Å². The molecule has 0 radical (unpaired) electrons. The predicted molar refractivity (Wildman–Crippen MR) is 81.5 cm³/mol. The first kappa shape index (κ1) is 11.4. The first-order chi connectivity index (χ1) is 9.33. The molecule has 3 heteroatoms. The summed E-state index contributed by atoms with van der Waals surface area (Å²) in [5, 5.41) is 1.38. The number of halogens is 1. The Bertz CT molecular complexity index is 725. The van der Waals surface area contributed by atoms with Crippen molar-refractivity contribution in [2.75, 3.05) is 0 Å². The van der Waals surface area contributed by atoms with Crippen LogP contribution in [0.3, 0.4) is 0 Å². The Kier molecular flexibility index (Phi) is 2.55. The zero-order valence-corrected chi connectivity index (χ0v) is 12.2. The standard InChI is InChI=1S/C16H15BrN2/c17-11-6-7-14-13(10-11)12-4-3-5-15(16(12)18-14)19-8-1-2-9-19/h1-2,6-10,15,18H,3-5H2. The summed E-state index contributed by atoms with van der Waals surface area (Å²) in [6, 6.07) is 11.2. The number of benzene rings is 1. The number of aromatic nitrogens is 2. The number of aryl methyl sites for hydroxylation is 1. The van der Waals surface area contributed by atoms with Crippen LogP contribution in [0.1, 0.15) is 30.1 Å². The van der Waals surface area contributed by atoms with Crippen molar-refractivity contribution in [3.63, 3.8) is 0 Å². The van der Waals surface area contributed by atoms with Gasteiger partial charge in [-0.15, -0.1) is 0 Å². The number of hydrogen-bond acceptors (Lipinski definition) is 0. The fraction of sp³-hybridized carbons (Fsp3) is 0.250. The molecule has 1 aliphatic rings. The van der Waals surface area contributed by atoms with Crippen molar-refractivity contribution in [2.24, 2.45) is 0 Å². The molecule has 1 atom stereocenters. The Morgan fingerprint density at radius 2 is 2.05 bits per heavy atom. The van der Waals surface area contributed by atoms with Crippen LogP contribution in [-0.2, 0) is 6.42 Å². The van der Waals surface area contributed by atoms with E-state index in [9.17, 15) is 0 Å². The molecule has 0 aliphatic heterocycles. The largest absolute Gasteiger partial charge is 0.356 e. The van der Waals surface area contributed by atoms with Crippen molar-refractivity contribution in [2.45, 2.75) is 25.3 Å². The third-order valence-electron chi connectivity index (χ3n) is 4.13. The topological polar surface area (TPSA) is 20.7 Å². The summed E-state index contributed by atoms with van der Waals surface area (Å²) in [4.78, 5) is 3.64. The molecule has 1 unspecified atom stereocenters. The molecular weight excluding hydrogens is 300 g/mol. The van der Waals surface area contributed by atoms with Gasteiger partial charge in [-0.2, -0.15) is 0 Å². The average Bonchev–Trinajstić information content (AvgIpc) is 3.05. The molecule has 1 aromatic carbocycles. The van der Waals surface area contributed by atoms with Crippen LogP contribution in [-0.4, -0.2) is 9.55 Å². The van der Waals surface area contributed by atoms with Gasteiger partial charge in [0.15, 0.2) is 0 Å². The summed E-state index contributed by atoms with van der Waals surface area (Å²) in [6.07, 6.45) is 8.00. The molecule has 2 heterocycles. The van der Waals surface area contributed by atoms with Crippen LogP contribution >= 0.6 is 15.9 Å². The SMILES string of the molecule is Brc1ccc2[nH]c3c(c2c1)CCCC3n1cccc1. The van der Waals surface area contributed by atoms with E-state index in [2.05, 4.69) is 68.2 Å². The number of hydrogen-bond donors (Lipinski definition) is 1. The second-order valence-electron chi connectivity index (χ2n) is 5.25. The molecule has 0 fully saturated rings. The fourth-order valence-electron chi connectivity index (χ4n) is 3.26. The predicted octanol–water partition coefficient (Wildman–Crippen LogP) is 4.66. The van der Waals surface area contributed by atoms with E-state index in [1.165, 1.54) is 41.4 Å². The van der Waals surface area contributed by atoms with Crippen LogP contribution in [0.5, 0.6) is 0 Å². The second kappa shape index (κ2) is 4.27. The number of nitrogens with one attached hydrogen (secondary N) is 1. The Balaban J connectivity index is 1.94. The zero-order chi connectivity index (χ0) is 12.8. The van der Waals surface area contributed by atoms with Gasteiger partial charge in [0.05, 0.1) is 6.04 Å². The van der Waals surface area contributed by atoms with Gasteiger partial charge >= 0.3 is 0 Å². The Morgan fingerprint density at radius 3 is 2.89 bits per heavy atom. The van der Waals surface area contributed by atoms with Crippen LogP contribution in [0.25, 0.3) is 10.9 Å². The molecule has 96 valence electrons. The molecular formula is C16H15BrN2. The number of H-pyrrole nitrogens is 1. The van der Waals surface area contributed by atoms with Gasteiger partial charge in [-0.3, -0.25) is 0 Å². The fourth-order valence-corrected chi connectivity index (χ4v) is 3.63. The van der Waals surface area contributed by atoms with Gasteiger partial charge in [-0.25, -0.2) is 0 Å². The maximum Gasteiger partial charge on any atom is 0.0732 e. The van der Waals surface area contributed by atoms with Crippen molar-refractivity contribution in [1.29, 1.82) is 0 Å². The van der Waals surface area contributed by atoms with E-state index in [-0.39, 0.29) is 0 Å². The average molecular weight is 315 g/mol. The van der Waals surface area contributed by atoms with Crippen molar-refractivity contribution in [3.8, 4) is 0 Å². The van der Waals surface area contributed by atoms with Gasteiger partial charge in [-0.1, -0.05) is 15.9 Å². The maximum atomic E-state index is 3.64. The van der Waals surface area contributed by atoms with Crippen molar-refractivity contribution < 1.29 is 0 Å². The molecule has 4 rings (SSSR count). The summed E-state index contributed by atoms with van der Waals surface area (Å²) in [6.45, 7) is 0. The zero-order valence-electron chi connectivity index (χ0n) is 10.6. The molecule has 3 aromatic rings. The summed E-state index contributed by atoms with van der Waals surface area (Å²) >= 11 is 3.58. The number of rotatable bonds is 1. The summed E-state index contributed by atoms with van der Waals surface area (Å²) < 4.78 is 3.48.